The summed E-state index contributed by atoms with van der Waals surface area (Å²) in [6.07, 6.45) is 0. The number of aromatic hydroxyl groups is 3. The Morgan fingerprint density at radius 1 is 0.793 bits per heavy atom. The van der Waals surface area contributed by atoms with Crippen LogP contribution in [0.15, 0.2) is 47.8 Å². The summed E-state index contributed by atoms with van der Waals surface area (Å²) in [5, 5.41) is 33.5. The molecule has 0 aliphatic rings. The Morgan fingerprint density at radius 3 is 1.83 bits per heavy atom. The summed E-state index contributed by atoms with van der Waals surface area (Å²) in [5.41, 5.74) is 3.05. The first-order valence-electron chi connectivity index (χ1n) is 9.82. The zero-order valence-electron chi connectivity index (χ0n) is 17.9. The van der Waals surface area contributed by atoms with Crippen LogP contribution in [0.2, 0.25) is 0 Å². The van der Waals surface area contributed by atoms with Gasteiger partial charge in [0.1, 0.15) is 17.2 Å². The minimum Gasteiger partial charge on any atom is -0.508 e. The fourth-order valence-electron chi connectivity index (χ4n) is 3.70. The molecule has 0 bridgehead atoms. The van der Waals surface area contributed by atoms with E-state index in [-0.39, 0.29) is 28.2 Å². The van der Waals surface area contributed by atoms with Gasteiger partial charge in [-0.1, -0.05) is 65.8 Å². The van der Waals surface area contributed by atoms with Gasteiger partial charge in [0.25, 0.3) is 0 Å². The summed E-state index contributed by atoms with van der Waals surface area (Å²) in [7, 11) is 0. The maximum Gasteiger partial charge on any atom is 0.123 e. The van der Waals surface area contributed by atoms with Crippen LogP contribution in [-0.4, -0.2) is 15.3 Å². The van der Waals surface area contributed by atoms with Gasteiger partial charge in [-0.25, -0.2) is 0 Å². The van der Waals surface area contributed by atoms with Gasteiger partial charge in [-0.3, -0.25) is 0 Å². The van der Waals surface area contributed by atoms with Crippen LogP contribution in [0.4, 0.5) is 0 Å². The first kappa shape index (κ1) is 21.3. The van der Waals surface area contributed by atoms with Gasteiger partial charge in [0.2, 0.25) is 0 Å². The Kier molecular flexibility index (Phi) is 5.44. The van der Waals surface area contributed by atoms with Crippen LogP contribution in [0, 0.1) is 0 Å². The van der Waals surface area contributed by atoms with Crippen molar-refractivity contribution >= 4 is 11.3 Å². The second-order valence-electron chi connectivity index (χ2n) is 9.66. The Bertz CT molecular complexity index is 971. The zero-order chi connectivity index (χ0) is 21.6. The van der Waals surface area contributed by atoms with Crippen molar-refractivity contribution in [3.63, 3.8) is 0 Å². The molecule has 3 nitrogen and oxygen atoms in total. The first-order chi connectivity index (χ1) is 13.4. The van der Waals surface area contributed by atoms with E-state index in [0.717, 1.165) is 27.1 Å². The summed E-state index contributed by atoms with van der Waals surface area (Å²) in [6, 6.07) is 12.9. The topological polar surface area (TPSA) is 60.7 Å². The maximum atomic E-state index is 11.1. The number of phenols is 3. The lowest BCUT2D eigenvalue weighted by atomic mass is 9.76. The molecule has 3 rings (SSSR count). The monoisotopic (exact) mass is 410 g/mol. The Morgan fingerprint density at radius 2 is 1.38 bits per heavy atom. The van der Waals surface area contributed by atoms with Crippen LogP contribution in [0.3, 0.4) is 0 Å². The molecule has 0 fully saturated rings. The van der Waals surface area contributed by atoms with E-state index in [1.165, 1.54) is 6.07 Å². The van der Waals surface area contributed by atoms with Gasteiger partial charge in [-0.2, -0.15) is 0 Å². The molecule has 1 heterocycles. The Labute approximate surface area is 177 Å². The molecule has 2 aromatic carbocycles. The van der Waals surface area contributed by atoms with Crippen LogP contribution in [0.1, 0.15) is 74.6 Å². The quantitative estimate of drug-likeness (QED) is 0.453. The molecule has 3 aromatic rings. The number of hydrogen-bond donors (Lipinski definition) is 3. The van der Waals surface area contributed by atoms with Crippen LogP contribution in [0.5, 0.6) is 17.2 Å². The van der Waals surface area contributed by atoms with Crippen molar-refractivity contribution < 1.29 is 15.3 Å². The van der Waals surface area contributed by atoms with Crippen molar-refractivity contribution in [3.05, 3.63) is 75.0 Å². The van der Waals surface area contributed by atoms with E-state index in [2.05, 4.69) is 59.7 Å². The molecule has 0 saturated carbocycles. The molecule has 0 amide bonds. The van der Waals surface area contributed by atoms with E-state index in [1.807, 2.05) is 11.4 Å². The summed E-state index contributed by atoms with van der Waals surface area (Å²) in [5.74, 6) is 0.241. The number of thiophene rings is 1. The van der Waals surface area contributed by atoms with Crippen molar-refractivity contribution in [2.75, 3.05) is 0 Å². The highest BCUT2D eigenvalue weighted by Crippen LogP contribution is 2.45. The minimum atomic E-state index is -0.239. The van der Waals surface area contributed by atoms with E-state index < -0.39 is 0 Å². The molecule has 154 valence electrons. The lowest BCUT2D eigenvalue weighted by Gasteiger charge is -2.30. The molecule has 4 heteroatoms. The molecule has 0 unspecified atom stereocenters. The molecule has 0 radical (unpaired) electrons. The second-order valence-corrected chi connectivity index (χ2v) is 10.6. The summed E-state index contributed by atoms with van der Waals surface area (Å²) in [4.78, 5) is 1.09. The van der Waals surface area contributed by atoms with Crippen molar-refractivity contribution in [2.45, 2.75) is 58.3 Å². The third kappa shape index (κ3) is 4.27. The average Bonchev–Trinajstić information content (AvgIpc) is 3.10. The summed E-state index contributed by atoms with van der Waals surface area (Å²) < 4.78 is 0. The molecule has 1 aromatic heterocycles. The Hall–Kier alpha value is -2.46. The smallest absolute Gasteiger partial charge is 0.123 e. The normalized spacial score (nSPS) is 13.4. The highest BCUT2D eigenvalue weighted by molar-refractivity contribution is 7.10. The third-order valence-electron chi connectivity index (χ3n) is 5.23. The third-order valence-corrected chi connectivity index (χ3v) is 6.17. The largest absolute Gasteiger partial charge is 0.508 e. The number of phenolic OH excluding ortho intramolecular Hbond substituents is 3. The van der Waals surface area contributed by atoms with Crippen molar-refractivity contribution in [1.29, 1.82) is 0 Å². The second kappa shape index (κ2) is 7.42. The standard InChI is InChI=1S/C25H30O3S/c1-24(2,3)18-12-15(13-19(23(18)28)25(4,5)6)22(21-8-7-11-29-21)17-10-9-16(26)14-20(17)27/h7-14,22,26-28H,1-6H3/t22-/m1/s1. The molecular formula is C25H30O3S. The van der Waals surface area contributed by atoms with Gasteiger partial charge in [-0.15, -0.1) is 11.3 Å². The predicted octanol–water partition coefficient (Wildman–Crippen LogP) is 6.64. The van der Waals surface area contributed by atoms with Gasteiger partial charge in [-0.05, 0) is 45.0 Å². The number of rotatable bonds is 3. The summed E-state index contributed by atoms with van der Waals surface area (Å²) >= 11 is 1.63. The number of benzene rings is 2. The van der Waals surface area contributed by atoms with E-state index >= 15 is 0 Å². The van der Waals surface area contributed by atoms with Crippen LogP contribution in [-0.2, 0) is 10.8 Å². The minimum absolute atomic E-state index is 0.0349. The number of hydrogen-bond acceptors (Lipinski definition) is 4. The van der Waals surface area contributed by atoms with Crippen LogP contribution in [0.25, 0.3) is 0 Å². The van der Waals surface area contributed by atoms with E-state index in [9.17, 15) is 15.3 Å². The van der Waals surface area contributed by atoms with Crippen molar-refractivity contribution in [3.8, 4) is 17.2 Å². The van der Waals surface area contributed by atoms with Gasteiger partial charge >= 0.3 is 0 Å². The van der Waals surface area contributed by atoms with E-state index in [0.29, 0.717) is 5.75 Å². The highest BCUT2D eigenvalue weighted by atomic mass is 32.1. The zero-order valence-corrected chi connectivity index (χ0v) is 18.8. The molecule has 0 aliphatic heterocycles. The van der Waals surface area contributed by atoms with E-state index in [4.69, 9.17) is 0 Å². The fourth-order valence-corrected chi connectivity index (χ4v) is 4.57. The lowest BCUT2D eigenvalue weighted by Crippen LogP contribution is -2.19. The van der Waals surface area contributed by atoms with Gasteiger partial charge in [0.05, 0.1) is 0 Å². The molecule has 0 saturated heterocycles. The highest BCUT2D eigenvalue weighted by Gasteiger charge is 2.30. The average molecular weight is 411 g/mol. The molecule has 3 N–H and O–H groups in total. The van der Waals surface area contributed by atoms with Crippen molar-refractivity contribution in [1.82, 2.24) is 0 Å². The van der Waals surface area contributed by atoms with Crippen molar-refractivity contribution in [2.24, 2.45) is 0 Å². The molecular weight excluding hydrogens is 380 g/mol. The van der Waals surface area contributed by atoms with E-state index in [1.54, 1.807) is 23.5 Å². The SMILES string of the molecule is CC(C)(C)c1cc([C@@H](c2cccs2)c2ccc(O)cc2O)cc(C(C)(C)C)c1O. The Balaban J connectivity index is 2.34. The molecule has 1 atom stereocenters. The molecule has 0 spiro atoms. The fraction of sp³-hybridized carbons (Fsp3) is 0.360. The van der Waals surface area contributed by atoms with Crippen LogP contribution >= 0.6 is 11.3 Å². The van der Waals surface area contributed by atoms with Gasteiger partial charge in [0.15, 0.2) is 0 Å². The maximum absolute atomic E-state index is 11.1. The van der Waals surface area contributed by atoms with Crippen LogP contribution < -0.4 is 0 Å². The predicted molar refractivity (Wildman–Crippen MR) is 121 cm³/mol. The molecule has 29 heavy (non-hydrogen) atoms. The van der Waals surface area contributed by atoms with Gasteiger partial charge in [0, 0.05) is 22.4 Å². The first-order valence-corrected chi connectivity index (χ1v) is 10.7. The summed E-state index contributed by atoms with van der Waals surface area (Å²) in [6.45, 7) is 12.6. The molecule has 0 aliphatic carbocycles. The van der Waals surface area contributed by atoms with Gasteiger partial charge < -0.3 is 15.3 Å². The lowest BCUT2D eigenvalue weighted by molar-refractivity contribution is 0.422.